The van der Waals surface area contributed by atoms with Gasteiger partial charge in [0, 0.05) is 16.7 Å². The van der Waals surface area contributed by atoms with Gasteiger partial charge in [-0.2, -0.15) is 0 Å². The molecule has 0 amide bonds. The molecule has 3 heterocycles. The summed E-state index contributed by atoms with van der Waals surface area (Å²) in [5, 5.41) is 22.9. The molecule has 1 atom stereocenters. The summed E-state index contributed by atoms with van der Waals surface area (Å²) in [5.41, 5.74) is -0.270. The van der Waals surface area contributed by atoms with Crippen molar-refractivity contribution in [2.24, 2.45) is 0 Å². The van der Waals surface area contributed by atoms with Gasteiger partial charge in [0.25, 0.3) is 11.1 Å². The van der Waals surface area contributed by atoms with Crippen LogP contribution in [0.1, 0.15) is 60.4 Å². The molecule has 0 aliphatic carbocycles. The van der Waals surface area contributed by atoms with Crippen LogP contribution in [0.25, 0.3) is 21.8 Å². The third-order valence-electron chi connectivity index (χ3n) is 9.12. The van der Waals surface area contributed by atoms with Crippen LogP contribution in [0.2, 0.25) is 5.02 Å². The largest absolute Gasteiger partial charge is 0.421 e. The Morgan fingerprint density at radius 1 is 0.727 bits per heavy atom. The van der Waals surface area contributed by atoms with Gasteiger partial charge in [-0.1, -0.05) is 115 Å². The van der Waals surface area contributed by atoms with E-state index in [0.717, 1.165) is 15.7 Å². The number of ether oxygens (including phenoxy) is 2. The lowest BCUT2D eigenvalue weighted by atomic mass is 9.90. The molecule has 286 valence electrons. The standard InChI is InChI=1S/C40H38ClFN4O8S/c1-24(2)32-36(31-16-9-17-55-31)44(40(50)45(51)37(32)47)23-53-20-27-11-7-10-26(19-27)18-25(3)33-35(28-12-5-4-6-13-28)43(39(49)46(52)38(33)48)22-54-21-29-14-8-15-30(41)34(29)42/h4-17,19,24-25,51-52H,18,20-23H2,1-3H3. The second-order valence-corrected chi connectivity index (χ2v) is 14.6. The quantitative estimate of drug-likeness (QED) is 0.115. The monoisotopic (exact) mass is 788 g/mol. The van der Waals surface area contributed by atoms with E-state index < -0.39 is 41.0 Å². The predicted octanol–water partition coefficient (Wildman–Crippen LogP) is 6.81. The molecule has 0 fully saturated rings. The molecule has 0 radical (unpaired) electrons. The maximum atomic E-state index is 14.6. The van der Waals surface area contributed by atoms with Gasteiger partial charge in [0.05, 0.1) is 34.5 Å². The van der Waals surface area contributed by atoms with Gasteiger partial charge < -0.3 is 19.9 Å². The number of nitrogens with zero attached hydrogens (tertiary/aromatic N) is 4. The Bertz CT molecular complexity index is 2560. The number of halogens is 2. The topological polar surface area (TPSA) is 147 Å². The summed E-state index contributed by atoms with van der Waals surface area (Å²) in [6.07, 6.45) is 0.310. The second kappa shape index (κ2) is 16.9. The average molecular weight is 789 g/mol. The molecular weight excluding hydrogens is 751 g/mol. The van der Waals surface area contributed by atoms with Gasteiger partial charge in [-0.05, 0) is 52.5 Å². The van der Waals surface area contributed by atoms with Crippen LogP contribution in [-0.2, 0) is 42.6 Å². The van der Waals surface area contributed by atoms with Crippen LogP contribution >= 0.6 is 22.9 Å². The molecule has 1 unspecified atom stereocenters. The first-order valence-corrected chi connectivity index (χ1v) is 18.6. The van der Waals surface area contributed by atoms with Crippen molar-refractivity contribution in [3.8, 4) is 21.8 Å². The van der Waals surface area contributed by atoms with Crippen molar-refractivity contribution in [3.63, 3.8) is 0 Å². The lowest BCUT2D eigenvalue weighted by molar-refractivity contribution is 0.0516. The molecule has 15 heteroatoms. The fraction of sp³-hybridized carbons (Fsp3) is 0.250. The van der Waals surface area contributed by atoms with E-state index in [0.29, 0.717) is 22.6 Å². The average Bonchev–Trinajstić information content (AvgIpc) is 3.71. The highest BCUT2D eigenvalue weighted by Crippen LogP contribution is 2.31. The first-order chi connectivity index (χ1) is 26.4. The Hall–Kier alpha value is -5.54. The van der Waals surface area contributed by atoms with Crippen LogP contribution in [0.15, 0.2) is 109 Å². The number of thiophene rings is 1. The first-order valence-electron chi connectivity index (χ1n) is 17.3. The van der Waals surface area contributed by atoms with E-state index in [1.54, 1.807) is 49.4 Å². The number of rotatable bonds is 14. The van der Waals surface area contributed by atoms with Crippen molar-refractivity contribution < 1.29 is 24.3 Å². The van der Waals surface area contributed by atoms with Crippen molar-refractivity contribution in [1.82, 2.24) is 18.6 Å². The van der Waals surface area contributed by atoms with Crippen molar-refractivity contribution in [3.05, 3.63) is 171 Å². The van der Waals surface area contributed by atoms with Gasteiger partial charge in [0.15, 0.2) is 0 Å². The molecular formula is C40H38ClFN4O8S. The van der Waals surface area contributed by atoms with Crippen molar-refractivity contribution in [2.75, 3.05) is 0 Å². The summed E-state index contributed by atoms with van der Waals surface area (Å²) in [5.74, 6) is -1.49. The Balaban J connectivity index is 1.27. The van der Waals surface area contributed by atoms with Gasteiger partial charge in [-0.25, -0.2) is 14.0 Å². The van der Waals surface area contributed by atoms with E-state index in [1.807, 2.05) is 49.6 Å². The molecule has 0 saturated heterocycles. The third-order valence-corrected chi connectivity index (χ3v) is 10.3. The minimum absolute atomic E-state index is 0.0540. The van der Waals surface area contributed by atoms with E-state index in [9.17, 15) is 34.0 Å². The van der Waals surface area contributed by atoms with Crippen LogP contribution in [0.5, 0.6) is 0 Å². The highest BCUT2D eigenvalue weighted by atomic mass is 35.5. The molecule has 2 N–H and O–H groups in total. The fourth-order valence-corrected chi connectivity index (χ4v) is 7.56. The number of benzene rings is 3. The van der Waals surface area contributed by atoms with Gasteiger partial charge >= 0.3 is 11.4 Å². The van der Waals surface area contributed by atoms with Crippen LogP contribution in [-0.4, -0.2) is 29.0 Å². The molecule has 0 aliphatic rings. The maximum Gasteiger partial charge on any atom is 0.366 e. The zero-order valence-electron chi connectivity index (χ0n) is 30.1. The Morgan fingerprint density at radius 2 is 1.35 bits per heavy atom. The highest BCUT2D eigenvalue weighted by Gasteiger charge is 2.26. The molecule has 3 aromatic carbocycles. The molecule has 0 bridgehead atoms. The summed E-state index contributed by atoms with van der Waals surface area (Å²) in [4.78, 5) is 53.7. The number of aromatic nitrogens is 4. The van der Waals surface area contributed by atoms with E-state index >= 15 is 0 Å². The van der Waals surface area contributed by atoms with Crippen molar-refractivity contribution in [1.29, 1.82) is 0 Å². The number of hydrogen-bond acceptors (Lipinski definition) is 9. The zero-order chi connectivity index (χ0) is 39.4. The van der Waals surface area contributed by atoms with E-state index in [-0.39, 0.29) is 62.7 Å². The second-order valence-electron chi connectivity index (χ2n) is 13.3. The van der Waals surface area contributed by atoms with Gasteiger partial charge in [-0.3, -0.25) is 18.7 Å². The van der Waals surface area contributed by atoms with Crippen molar-refractivity contribution in [2.45, 2.75) is 65.7 Å². The lowest BCUT2D eigenvalue weighted by Gasteiger charge is -2.22. The smallest absolute Gasteiger partial charge is 0.366 e. The molecule has 55 heavy (non-hydrogen) atoms. The van der Waals surface area contributed by atoms with Crippen LogP contribution < -0.4 is 22.5 Å². The van der Waals surface area contributed by atoms with Gasteiger partial charge in [0.2, 0.25) is 0 Å². The van der Waals surface area contributed by atoms with E-state index in [4.69, 9.17) is 21.1 Å². The molecule has 6 aromatic rings. The number of hydrogen-bond donors (Lipinski definition) is 2. The molecule has 0 saturated carbocycles. The molecule has 6 rings (SSSR count). The van der Waals surface area contributed by atoms with Gasteiger partial charge in [0.1, 0.15) is 19.3 Å². The summed E-state index contributed by atoms with van der Waals surface area (Å²) < 4.78 is 28.9. The first kappa shape index (κ1) is 39.2. The van der Waals surface area contributed by atoms with Crippen LogP contribution in [0, 0.1) is 5.82 Å². The molecule has 0 aliphatic heterocycles. The molecule has 12 nitrogen and oxygen atoms in total. The summed E-state index contributed by atoms with van der Waals surface area (Å²) in [7, 11) is 0. The predicted molar refractivity (Wildman–Crippen MR) is 207 cm³/mol. The minimum Gasteiger partial charge on any atom is -0.421 e. The van der Waals surface area contributed by atoms with Crippen LogP contribution in [0.4, 0.5) is 4.39 Å². The van der Waals surface area contributed by atoms with Gasteiger partial charge in [-0.15, -0.1) is 11.3 Å². The lowest BCUT2D eigenvalue weighted by Crippen LogP contribution is -2.42. The Labute approximate surface area is 323 Å². The SMILES string of the molecule is CC(C)c1c(-c2cccs2)n(COCc2cccc(CC(C)c3c(-c4ccccc4)n(COCc4cccc(Cl)c4F)c(=O)n(O)c3=O)c2)c(=O)n(O)c1=O. The summed E-state index contributed by atoms with van der Waals surface area (Å²) in [6, 6.07) is 24.3. The molecule has 3 aromatic heterocycles. The fourth-order valence-electron chi connectivity index (χ4n) is 6.57. The normalized spacial score (nSPS) is 12.0. The summed E-state index contributed by atoms with van der Waals surface area (Å²) in [6.45, 7) is 4.59. The third kappa shape index (κ3) is 8.13. The minimum atomic E-state index is -1.02. The summed E-state index contributed by atoms with van der Waals surface area (Å²) >= 11 is 7.28. The van der Waals surface area contributed by atoms with Crippen molar-refractivity contribution >= 4 is 22.9 Å². The maximum absolute atomic E-state index is 14.6. The van der Waals surface area contributed by atoms with E-state index in [2.05, 4.69) is 0 Å². The zero-order valence-corrected chi connectivity index (χ0v) is 31.7. The molecule has 0 spiro atoms. The van der Waals surface area contributed by atoms with E-state index in [1.165, 1.54) is 28.0 Å². The highest BCUT2D eigenvalue weighted by molar-refractivity contribution is 7.13. The Kier molecular flexibility index (Phi) is 12.0. The Morgan fingerprint density at radius 3 is 2.00 bits per heavy atom. The van der Waals surface area contributed by atoms with Crippen LogP contribution in [0.3, 0.4) is 0 Å².